The minimum atomic E-state index is -0.989. The first kappa shape index (κ1) is 52.2. The minimum absolute atomic E-state index is 0.0677. The number of aliphatic imine (C=N–C) groups is 3. The number of carbonyl (C=O) groups is 2. The molecule has 0 aliphatic heterocycles. The predicted octanol–water partition coefficient (Wildman–Crippen LogP) is 9.70. The van der Waals surface area contributed by atoms with E-state index in [4.69, 9.17) is 14.5 Å². The highest BCUT2D eigenvalue weighted by molar-refractivity contribution is 6.17. The highest BCUT2D eigenvalue weighted by Crippen LogP contribution is 2.33. The van der Waals surface area contributed by atoms with Crippen molar-refractivity contribution in [3.63, 3.8) is 0 Å². The van der Waals surface area contributed by atoms with Gasteiger partial charge in [0.25, 0.3) is 11.8 Å². The molecule has 0 heterocycles. The van der Waals surface area contributed by atoms with E-state index in [1.165, 1.54) is 12.1 Å². The van der Waals surface area contributed by atoms with Crippen LogP contribution in [0.3, 0.4) is 0 Å². The summed E-state index contributed by atoms with van der Waals surface area (Å²) in [5.74, 6) is 0.961. The maximum absolute atomic E-state index is 13.1. The van der Waals surface area contributed by atoms with Crippen LogP contribution in [-0.4, -0.2) is 72.5 Å². The van der Waals surface area contributed by atoms with Crippen molar-refractivity contribution in [3.05, 3.63) is 176 Å². The largest absolute Gasteiger partial charge is 0.507 e. The molecule has 0 fully saturated rings. The molecule has 3 unspecified atom stereocenters. The lowest BCUT2D eigenvalue weighted by Gasteiger charge is -2.26. The maximum Gasteiger partial charge on any atom is 0.262 e. The number of amidine groups is 3. The monoisotopic (exact) mass is 959 g/mol. The molecule has 0 spiro atoms. The van der Waals surface area contributed by atoms with E-state index in [2.05, 4.69) is 60.8 Å². The lowest BCUT2D eigenvalue weighted by atomic mass is 10.0. The van der Waals surface area contributed by atoms with E-state index in [-0.39, 0.29) is 29.7 Å². The molecule has 0 aromatic heterocycles. The summed E-state index contributed by atoms with van der Waals surface area (Å²) in [5, 5.41) is 38.3. The summed E-state index contributed by atoms with van der Waals surface area (Å²) in [4.78, 5) is 40.3. The van der Waals surface area contributed by atoms with Gasteiger partial charge >= 0.3 is 0 Å². The van der Waals surface area contributed by atoms with Crippen LogP contribution in [0.2, 0.25) is 0 Å². The summed E-state index contributed by atoms with van der Waals surface area (Å²) in [6.45, 7) is 19.1. The van der Waals surface area contributed by atoms with Crippen LogP contribution in [0.15, 0.2) is 124 Å². The SMILES string of the molecule is CN=C(N=C(Nc1ccc(OC(C)C(=O)NCNC(=O)C(C)Oc2ccc(C(NC(=NC)c3ccc(C)cc3C)Nc3ccc(C)cc3C)c(O)c2)cc1O)c1ccc(C)cc1C)c1ccc(C)cc1C. The van der Waals surface area contributed by atoms with Crippen molar-refractivity contribution in [2.75, 3.05) is 31.4 Å². The fourth-order valence-corrected chi connectivity index (χ4v) is 8.12. The van der Waals surface area contributed by atoms with E-state index in [1.54, 1.807) is 52.2 Å². The quantitative estimate of drug-likeness (QED) is 0.0214. The van der Waals surface area contributed by atoms with Crippen LogP contribution in [0, 0.1) is 55.4 Å². The van der Waals surface area contributed by atoms with Crippen molar-refractivity contribution >= 4 is 40.7 Å². The second kappa shape index (κ2) is 23.5. The van der Waals surface area contributed by atoms with E-state index in [0.29, 0.717) is 28.8 Å². The van der Waals surface area contributed by atoms with Gasteiger partial charge in [-0.25, -0.2) is 4.99 Å². The molecule has 6 rings (SSSR count). The Kier molecular flexibility index (Phi) is 17.3. The van der Waals surface area contributed by atoms with Crippen molar-refractivity contribution in [2.24, 2.45) is 15.0 Å². The van der Waals surface area contributed by atoms with Crippen LogP contribution in [-0.2, 0) is 9.59 Å². The van der Waals surface area contributed by atoms with E-state index in [1.807, 2.05) is 104 Å². The number of amides is 2. The Labute approximate surface area is 417 Å². The molecule has 2 amide bonds. The lowest BCUT2D eigenvalue weighted by Crippen LogP contribution is -2.46. The Hall–Kier alpha value is -8.13. The zero-order valence-electron chi connectivity index (χ0n) is 42.7. The molecule has 0 saturated heterocycles. The fourth-order valence-electron chi connectivity index (χ4n) is 8.12. The normalized spacial score (nSPS) is 13.2. The number of phenolic OH excluding ortho intramolecular Hbond substituents is 2. The number of benzene rings is 6. The van der Waals surface area contributed by atoms with Crippen molar-refractivity contribution in [1.82, 2.24) is 16.0 Å². The van der Waals surface area contributed by atoms with Gasteiger partial charge in [0.05, 0.1) is 12.4 Å². The molecule has 0 bridgehead atoms. The highest BCUT2D eigenvalue weighted by atomic mass is 16.5. The van der Waals surface area contributed by atoms with Gasteiger partial charge < -0.3 is 46.3 Å². The number of rotatable bonds is 16. The number of hydrogen-bond acceptors (Lipinski definition) is 9. The zero-order chi connectivity index (χ0) is 51.5. The Balaban J connectivity index is 1.06. The molecule has 14 heteroatoms. The minimum Gasteiger partial charge on any atom is -0.507 e. The third kappa shape index (κ3) is 13.6. The molecule has 0 saturated carbocycles. The van der Waals surface area contributed by atoms with Crippen molar-refractivity contribution in [3.8, 4) is 23.0 Å². The first-order chi connectivity index (χ1) is 33.8. The van der Waals surface area contributed by atoms with Gasteiger partial charge in [0.2, 0.25) is 0 Å². The predicted molar refractivity (Wildman–Crippen MR) is 286 cm³/mol. The number of carbonyl (C=O) groups excluding carboxylic acids is 2. The number of ether oxygens (including phenoxy) is 2. The van der Waals surface area contributed by atoms with Crippen molar-refractivity contribution in [2.45, 2.75) is 87.6 Å². The van der Waals surface area contributed by atoms with Crippen LogP contribution in [0.5, 0.6) is 23.0 Å². The Bertz CT molecular complexity index is 3020. The van der Waals surface area contributed by atoms with Crippen LogP contribution in [0.25, 0.3) is 0 Å². The smallest absolute Gasteiger partial charge is 0.262 e. The summed E-state index contributed by atoms with van der Waals surface area (Å²) in [6, 6.07) is 34.0. The molecule has 6 aromatic carbocycles. The second-order valence-electron chi connectivity index (χ2n) is 17.9. The summed E-state index contributed by atoms with van der Waals surface area (Å²) >= 11 is 0. The Morgan fingerprint density at radius 1 is 0.535 bits per heavy atom. The van der Waals surface area contributed by atoms with Crippen LogP contribution < -0.4 is 36.1 Å². The maximum atomic E-state index is 13.1. The van der Waals surface area contributed by atoms with Crippen LogP contribution in [0.4, 0.5) is 11.4 Å². The van der Waals surface area contributed by atoms with Gasteiger partial charge in [-0.15, -0.1) is 0 Å². The summed E-state index contributed by atoms with van der Waals surface area (Å²) in [7, 11) is 3.42. The molecule has 71 heavy (non-hydrogen) atoms. The summed E-state index contributed by atoms with van der Waals surface area (Å²) < 4.78 is 11.8. The topological polar surface area (TPSA) is 190 Å². The van der Waals surface area contributed by atoms with Gasteiger partial charge in [-0.05, 0) is 122 Å². The fraction of sp³-hybridized carbons (Fsp3) is 0.281. The number of aromatic hydroxyl groups is 2. The first-order valence-corrected chi connectivity index (χ1v) is 23.5. The van der Waals surface area contributed by atoms with E-state index < -0.39 is 30.2 Å². The standard InChI is InChI=1S/C57H66N8O6/c1-32-13-19-44(36(5)25-32)52(58-11)64-54(46-21-15-34(3)27-38(46)7)63-49-24-18-43(30-51(49)67)71-41(10)57(69)61-31-60-56(68)40(9)70-42-17-22-47(50(66)29-42)55(62-48-23-16-35(4)28-39(48)8)65-53(59-12)45-20-14-33(2)26-37(45)6/h13-30,40-41,55,62,66-67H,31H2,1-12H3,(H,59,65)(H,60,68)(H,61,69)(H,58,63,64). The van der Waals surface area contributed by atoms with Gasteiger partial charge in [-0.3, -0.25) is 19.6 Å². The molecule has 3 atom stereocenters. The van der Waals surface area contributed by atoms with Gasteiger partial charge in [-0.2, -0.15) is 0 Å². The van der Waals surface area contributed by atoms with Gasteiger partial charge in [0.15, 0.2) is 18.0 Å². The van der Waals surface area contributed by atoms with E-state index in [9.17, 15) is 19.8 Å². The third-order valence-corrected chi connectivity index (χ3v) is 11.9. The van der Waals surface area contributed by atoms with E-state index >= 15 is 0 Å². The molecule has 7 N–H and O–H groups in total. The average Bonchev–Trinajstić information content (AvgIpc) is 3.31. The molecule has 370 valence electrons. The van der Waals surface area contributed by atoms with Crippen molar-refractivity contribution in [1.29, 1.82) is 0 Å². The van der Waals surface area contributed by atoms with Crippen molar-refractivity contribution < 1.29 is 29.3 Å². The molecule has 6 aromatic rings. The highest BCUT2D eigenvalue weighted by Gasteiger charge is 2.23. The molecular formula is C57H66N8O6. The van der Waals surface area contributed by atoms with Gasteiger partial charge in [0, 0.05) is 54.2 Å². The van der Waals surface area contributed by atoms with Gasteiger partial charge in [-0.1, -0.05) is 89.0 Å². The summed E-state index contributed by atoms with van der Waals surface area (Å²) in [5.41, 5.74) is 13.0. The number of phenols is 2. The van der Waals surface area contributed by atoms with E-state index in [0.717, 1.165) is 66.9 Å². The molecule has 0 radical (unpaired) electrons. The number of nitrogens with zero attached hydrogens (tertiary/aromatic N) is 3. The molecular weight excluding hydrogens is 893 g/mol. The van der Waals surface area contributed by atoms with Gasteiger partial charge in [0.1, 0.15) is 40.8 Å². The number of hydrogen-bond donors (Lipinski definition) is 7. The van der Waals surface area contributed by atoms with Crippen LogP contribution in [0.1, 0.15) is 86.8 Å². The Morgan fingerprint density at radius 3 is 1.48 bits per heavy atom. The number of aryl methyl sites for hydroxylation is 8. The lowest BCUT2D eigenvalue weighted by molar-refractivity contribution is -0.129. The Morgan fingerprint density at radius 2 is 1.00 bits per heavy atom. The second-order valence-corrected chi connectivity index (χ2v) is 17.9. The number of nitrogens with one attached hydrogen (secondary N) is 5. The summed E-state index contributed by atoms with van der Waals surface area (Å²) in [6.07, 6.45) is -2.59. The first-order valence-electron chi connectivity index (χ1n) is 23.5. The van der Waals surface area contributed by atoms with Crippen LogP contribution >= 0.6 is 0 Å². The third-order valence-electron chi connectivity index (χ3n) is 11.9. The zero-order valence-corrected chi connectivity index (χ0v) is 42.7. The average molecular weight is 959 g/mol. The molecule has 0 aliphatic carbocycles. The number of anilines is 2. The molecule has 14 nitrogen and oxygen atoms in total. The molecule has 0 aliphatic rings.